The molecule has 0 amide bonds. The molecule has 0 aliphatic rings. The molecule has 0 aromatic heterocycles. The van der Waals surface area contributed by atoms with Crippen molar-refractivity contribution in [2.75, 3.05) is 27.2 Å². The summed E-state index contributed by atoms with van der Waals surface area (Å²) in [7, 11) is 4.28. The maximum absolute atomic E-state index is 12.8. The highest BCUT2D eigenvalue weighted by Crippen LogP contribution is 2.19. The van der Waals surface area contributed by atoms with Gasteiger partial charge in [0.25, 0.3) is 0 Å². The van der Waals surface area contributed by atoms with Crippen LogP contribution < -0.4 is 4.90 Å². The first kappa shape index (κ1) is 18.4. The zero-order valence-electron chi connectivity index (χ0n) is 15.2. The Morgan fingerprint density at radius 1 is 1.00 bits per heavy atom. The number of carbonyl (C=O) groups excluding carboxylic acids is 1. The molecule has 3 heteroatoms. The number of aryl methyl sites for hydroxylation is 2. The van der Waals surface area contributed by atoms with Crippen molar-refractivity contribution in [3.63, 3.8) is 0 Å². The van der Waals surface area contributed by atoms with E-state index in [9.17, 15) is 4.79 Å². The monoisotopic (exact) mass is 326 g/mol. The minimum atomic E-state index is 0.0867. The second kappa shape index (κ2) is 8.76. The number of hydrogen-bond acceptors (Lipinski definition) is 2. The minimum absolute atomic E-state index is 0.0867. The van der Waals surface area contributed by atoms with Crippen molar-refractivity contribution >= 4 is 5.78 Å². The molecular weight excluding hydrogens is 298 g/mol. The lowest BCUT2D eigenvalue weighted by atomic mass is 9.95. The molecule has 0 heterocycles. The summed E-state index contributed by atoms with van der Waals surface area (Å²) in [4.78, 5) is 14.3. The Hall–Kier alpha value is -1.97. The third-order valence-electron chi connectivity index (χ3n) is 4.17. The molecule has 128 valence electrons. The normalized spacial score (nSPS) is 11.0. The Morgan fingerprint density at radius 2 is 1.71 bits per heavy atom. The zero-order chi connectivity index (χ0) is 17.5. The fourth-order valence-corrected chi connectivity index (χ4v) is 2.69. The molecule has 0 fully saturated rings. The lowest BCUT2D eigenvalue weighted by Gasteiger charge is -2.11. The van der Waals surface area contributed by atoms with Gasteiger partial charge in [0, 0.05) is 17.5 Å². The standard InChI is InChI=1S/C21H27NO2/c1-16-8-5-6-9-19(16)21(23)20-14-18(11-10-17(20)2)15-24-13-7-12-22(3)4/h5-6,8-11,14H,7,12-13,15H2,1-4H3/p+1. The lowest BCUT2D eigenvalue weighted by Crippen LogP contribution is -3.05. The average Bonchev–Trinajstić information content (AvgIpc) is 2.55. The summed E-state index contributed by atoms with van der Waals surface area (Å²) in [6.07, 6.45) is 1.04. The van der Waals surface area contributed by atoms with Crippen molar-refractivity contribution in [3.8, 4) is 0 Å². The van der Waals surface area contributed by atoms with Crippen LogP contribution in [0.3, 0.4) is 0 Å². The Morgan fingerprint density at radius 3 is 2.42 bits per heavy atom. The molecule has 1 N–H and O–H groups in total. The van der Waals surface area contributed by atoms with E-state index in [-0.39, 0.29) is 5.78 Å². The maximum atomic E-state index is 12.8. The highest BCUT2D eigenvalue weighted by Gasteiger charge is 2.14. The Labute approximate surface area is 145 Å². The van der Waals surface area contributed by atoms with Crippen molar-refractivity contribution in [2.24, 2.45) is 0 Å². The Bertz CT molecular complexity index is 692. The van der Waals surface area contributed by atoms with Gasteiger partial charge in [0.2, 0.25) is 0 Å². The summed E-state index contributed by atoms with van der Waals surface area (Å²) in [6.45, 7) is 6.36. The van der Waals surface area contributed by atoms with Gasteiger partial charge in [-0.1, -0.05) is 36.4 Å². The predicted molar refractivity (Wildman–Crippen MR) is 97.7 cm³/mol. The number of rotatable bonds is 8. The van der Waals surface area contributed by atoms with Crippen LogP contribution in [0, 0.1) is 13.8 Å². The molecule has 0 radical (unpaired) electrons. The van der Waals surface area contributed by atoms with Gasteiger partial charge in [-0.05, 0) is 36.6 Å². The average molecular weight is 326 g/mol. The summed E-state index contributed by atoms with van der Waals surface area (Å²) in [6, 6.07) is 13.8. The van der Waals surface area contributed by atoms with Crippen molar-refractivity contribution in [1.82, 2.24) is 0 Å². The third-order valence-corrected chi connectivity index (χ3v) is 4.17. The second-order valence-corrected chi connectivity index (χ2v) is 6.66. The van der Waals surface area contributed by atoms with Crippen LogP contribution in [0.2, 0.25) is 0 Å². The molecule has 2 rings (SSSR count). The van der Waals surface area contributed by atoms with Crippen molar-refractivity contribution < 1.29 is 14.4 Å². The topological polar surface area (TPSA) is 30.7 Å². The molecule has 0 aliphatic carbocycles. The number of hydrogen-bond donors (Lipinski definition) is 1. The first-order valence-corrected chi connectivity index (χ1v) is 8.55. The summed E-state index contributed by atoms with van der Waals surface area (Å²) in [5.74, 6) is 0.0867. The van der Waals surface area contributed by atoms with E-state index in [1.165, 1.54) is 4.90 Å². The van der Waals surface area contributed by atoms with Gasteiger partial charge in [-0.15, -0.1) is 0 Å². The van der Waals surface area contributed by atoms with Crippen LogP contribution in [0.4, 0.5) is 0 Å². The van der Waals surface area contributed by atoms with Crippen molar-refractivity contribution in [3.05, 3.63) is 70.3 Å². The van der Waals surface area contributed by atoms with Gasteiger partial charge in [-0.25, -0.2) is 0 Å². The quantitative estimate of drug-likeness (QED) is 0.597. The predicted octanol–water partition coefficient (Wildman–Crippen LogP) is 2.59. The van der Waals surface area contributed by atoms with E-state index in [4.69, 9.17) is 4.74 Å². The fourth-order valence-electron chi connectivity index (χ4n) is 2.69. The zero-order valence-corrected chi connectivity index (χ0v) is 15.2. The van der Waals surface area contributed by atoms with E-state index in [0.717, 1.165) is 47.4 Å². The van der Waals surface area contributed by atoms with E-state index in [2.05, 4.69) is 14.1 Å². The third kappa shape index (κ3) is 5.02. The Balaban J connectivity index is 2.06. The minimum Gasteiger partial charge on any atom is -0.377 e. The summed E-state index contributed by atoms with van der Waals surface area (Å²) < 4.78 is 5.75. The molecule has 0 bridgehead atoms. The van der Waals surface area contributed by atoms with Crippen LogP contribution in [0.5, 0.6) is 0 Å². The van der Waals surface area contributed by atoms with E-state index < -0.39 is 0 Å². The molecule has 0 saturated carbocycles. The van der Waals surface area contributed by atoms with Crippen LogP contribution in [0.25, 0.3) is 0 Å². The van der Waals surface area contributed by atoms with Crippen molar-refractivity contribution in [2.45, 2.75) is 26.9 Å². The van der Waals surface area contributed by atoms with Gasteiger partial charge in [0.1, 0.15) is 0 Å². The van der Waals surface area contributed by atoms with Gasteiger partial charge in [-0.3, -0.25) is 4.79 Å². The summed E-state index contributed by atoms with van der Waals surface area (Å²) in [5.41, 5.74) is 4.60. The molecule has 2 aromatic carbocycles. The smallest absolute Gasteiger partial charge is 0.193 e. The second-order valence-electron chi connectivity index (χ2n) is 6.66. The van der Waals surface area contributed by atoms with Crippen LogP contribution in [0.15, 0.2) is 42.5 Å². The van der Waals surface area contributed by atoms with Gasteiger partial charge >= 0.3 is 0 Å². The van der Waals surface area contributed by atoms with Gasteiger partial charge < -0.3 is 9.64 Å². The molecule has 0 atom stereocenters. The van der Waals surface area contributed by atoms with Crippen LogP contribution in [-0.4, -0.2) is 33.0 Å². The Kier molecular flexibility index (Phi) is 6.71. The molecule has 0 saturated heterocycles. The number of carbonyl (C=O) groups is 1. The van der Waals surface area contributed by atoms with Crippen LogP contribution in [0.1, 0.15) is 39.0 Å². The van der Waals surface area contributed by atoms with E-state index in [1.807, 2.05) is 56.3 Å². The highest BCUT2D eigenvalue weighted by atomic mass is 16.5. The number of benzene rings is 2. The number of ketones is 1. The first-order valence-electron chi connectivity index (χ1n) is 8.55. The van der Waals surface area contributed by atoms with Crippen molar-refractivity contribution in [1.29, 1.82) is 0 Å². The first-order chi connectivity index (χ1) is 11.5. The number of nitrogens with one attached hydrogen (secondary N) is 1. The molecule has 0 spiro atoms. The van der Waals surface area contributed by atoms with E-state index >= 15 is 0 Å². The summed E-state index contributed by atoms with van der Waals surface area (Å²) >= 11 is 0. The van der Waals surface area contributed by atoms with Crippen LogP contribution in [-0.2, 0) is 11.3 Å². The lowest BCUT2D eigenvalue weighted by molar-refractivity contribution is -0.858. The summed E-state index contributed by atoms with van der Waals surface area (Å²) in [5, 5.41) is 0. The van der Waals surface area contributed by atoms with Crippen LogP contribution >= 0.6 is 0 Å². The maximum Gasteiger partial charge on any atom is 0.193 e. The molecule has 0 unspecified atom stereocenters. The SMILES string of the molecule is Cc1ccccc1C(=O)c1cc(COCCC[NH+](C)C)ccc1C. The fraction of sp³-hybridized carbons (Fsp3) is 0.381. The van der Waals surface area contributed by atoms with E-state index in [1.54, 1.807) is 0 Å². The largest absolute Gasteiger partial charge is 0.377 e. The highest BCUT2D eigenvalue weighted by molar-refractivity contribution is 6.10. The van der Waals surface area contributed by atoms with Gasteiger partial charge in [0.15, 0.2) is 5.78 Å². The number of quaternary nitrogens is 1. The molecule has 2 aromatic rings. The van der Waals surface area contributed by atoms with E-state index in [0.29, 0.717) is 6.61 Å². The van der Waals surface area contributed by atoms with Gasteiger partial charge in [-0.2, -0.15) is 0 Å². The molecule has 3 nitrogen and oxygen atoms in total. The molecular formula is C21H28NO2+. The number of ether oxygens (including phenoxy) is 1. The molecule has 0 aliphatic heterocycles. The van der Waals surface area contributed by atoms with Gasteiger partial charge in [0.05, 0.1) is 33.9 Å². The molecule has 24 heavy (non-hydrogen) atoms.